The molecule has 0 aliphatic rings. The smallest absolute Gasteiger partial charge is 0.248 e. The van der Waals surface area contributed by atoms with E-state index in [4.69, 9.17) is 14.6 Å². The molecule has 1 N–H and O–H groups in total. The summed E-state index contributed by atoms with van der Waals surface area (Å²) in [6.45, 7) is 2.58. The zero-order valence-corrected chi connectivity index (χ0v) is 15.6. The van der Waals surface area contributed by atoms with Crippen LogP contribution in [0.3, 0.4) is 0 Å². The van der Waals surface area contributed by atoms with E-state index in [0.29, 0.717) is 0 Å². The van der Waals surface area contributed by atoms with Gasteiger partial charge in [-0.3, -0.25) is 4.79 Å². The second-order valence-corrected chi connectivity index (χ2v) is 6.12. The topological polar surface area (TPSA) is 68.2 Å². The second kappa shape index (κ2) is 18.6. The monoisotopic (exact) mass is 347 g/mol. The van der Waals surface area contributed by atoms with E-state index in [-0.39, 0.29) is 32.9 Å². The van der Waals surface area contributed by atoms with E-state index in [1.165, 1.54) is 57.8 Å². The molecule has 144 valence electrons. The fraction of sp³-hybridized carbons (Fsp3) is 0.944. The first kappa shape index (κ1) is 23.3. The maximum Gasteiger partial charge on any atom is 0.248 e. The number of rotatable bonds is 18. The highest BCUT2D eigenvalue weighted by atomic mass is 16.8. The summed E-state index contributed by atoms with van der Waals surface area (Å²) in [6, 6.07) is 0. The average molecular weight is 347 g/mol. The molecular weight excluding hydrogens is 310 g/mol. The molecule has 0 heterocycles. The molecule has 6 heteroatoms. The Labute approximate surface area is 147 Å². The van der Waals surface area contributed by atoms with Gasteiger partial charge < -0.3 is 24.2 Å². The van der Waals surface area contributed by atoms with Gasteiger partial charge >= 0.3 is 0 Å². The Kier molecular flexibility index (Phi) is 18.1. The van der Waals surface area contributed by atoms with Crippen LogP contribution in [0.15, 0.2) is 0 Å². The molecule has 0 unspecified atom stereocenters. The molecule has 0 atom stereocenters. The summed E-state index contributed by atoms with van der Waals surface area (Å²) < 4.78 is 14.5. The standard InChI is InChI=1S/C18H37NO5/c1-3-4-5-6-7-8-9-10-11-12-13-19(2)18(21)14-22-16-24-17-23-15-20/h20H,3-17H2,1-2H3. The predicted molar refractivity (Wildman–Crippen MR) is 94.4 cm³/mol. The number of nitrogens with zero attached hydrogens (tertiary/aromatic N) is 1. The van der Waals surface area contributed by atoms with Crippen molar-refractivity contribution in [2.75, 3.05) is 40.6 Å². The molecule has 0 fully saturated rings. The minimum atomic E-state index is -0.388. The molecule has 0 aromatic rings. The summed E-state index contributed by atoms with van der Waals surface area (Å²) in [7, 11) is 1.80. The maximum absolute atomic E-state index is 11.8. The minimum Gasteiger partial charge on any atom is -0.371 e. The zero-order chi connectivity index (χ0) is 17.9. The van der Waals surface area contributed by atoms with E-state index in [0.717, 1.165) is 13.0 Å². The first-order chi connectivity index (χ1) is 11.7. The minimum absolute atomic E-state index is 0.00733. The average Bonchev–Trinajstić information content (AvgIpc) is 2.59. The number of carbonyl (C=O) groups excluding carboxylic acids is 1. The molecule has 0 saturated heterocycles. The van der Waals surface area contributed by atoms with E-state index in [1.54, 1.807) is 11.9 Å². The molecule has 0 spiro atoms. The number of carbonyl (C=O) groups is 1. The zero-order valence-electron chi connectivity index (χ0n) is 15.6. The van der Waals surface area contributed by atoms with Crippen LogP contribution in [-0.2, 0) is 19.0 Å². The van der Waals surface area contributed by atoms with Gasteiger partial charge in [-0.25, -0.2) is 0 Å². The van der Waals surface area contributed by atoms with Crippen LogP contribution in [0, 0.1) is 0 Å². The Morgan fingerprint density at radius 3 is 1.96 bits per heavy atom. The van der Waals surface area contributed by atoms with Crippen LogP contribution in [0.5, 0.6) is 0 Å². The molecule has 0 aliphatic carbocycles. The van der Waals surface area contributed by atoms with Gasteiger partial charge in [-0.2, -0.15) is 0 Å². The van der Waals surface area contributed by atoms with Gasteiger partial charge in [0.05, 0.1) is 0 Å². The second-order valence-electron chi connectivity index (χ2n) is 6.12. The Morgan fingerprint density at radius 1 is 0.833 bits per heavy atom. The molecule has 24 heavy (non-hydrogen) atoms. The number of amides is 1. The lowest BCUT2D eigenvalue weighted by Gasteiger charge is -2.17. The highest BCUT2D eigenvalue weighted by molar-refractivity contribution is 5.77. The number of hydrogen-bond donors (Lipinski definition) is 1. The SMILES string of the molecule is CCCCCCCCCCCCN(C)C(=O)COCOCOCO. The number of ether oxygens (including phenoxy) is 3. The van der Waals surface area contributed by atoms with Crippen molar-refractivity contribution < 1.29 is 24.1 Å². The van der Waals surface area contributed by atoms with E-state index in [1.807, 2.05) is 0 Å². The van der Waals surface area contributed by atoms with Gasteiger partial charge in [-0.1, -0.05) is 64.7 Å². The summed E-state index contributed by atoms with van der Waals surface area (Å²) in [6.07, 6.45) is 12.9. The largest absolute Gasteiger partial charge is 0.371 e. The summed E-state index contributed by atoms with van der Waals surface area (Å²) in [5.74, 6) is -0.0439. The van der Waals surface area contributed by atoms with Gasteiger partial charge in [0.25, 0.3) is 0 Å². The van der Waals surface area contributed by atoms with Crippen molar-refractivity contribution in [2.45, 2.75) is 71.1 Å². The summed E-state index contributed by atoms with van der Waals surface area (Å²) >= 11 is 0. The van der Waals surface area contributed by atoms with Crippen LogP contribution in [0.2, 0.25) is 0 Å². The highest BCUT2D eigenvalue weighted by Gasteiger charge is 2.08. The Balaban J connectivity index is 3.32. The van der Waals surface area contributed by atoms with Crippen LogP contribution in [-0.4, -0.2) is 56.5 Å². The summed E-state index contributed by atoms with van der Waals surface area (Å²) in [5.41, 5.74) is 0. The predicted octanol–water partition coefficient (Wildman–Crippen LogP) is 3.28. The van der Waals surface area contributed by atoms with E-state index in [9.17, 15) is 4.79 Å². The molecule has 0 aliphatic heterocycles. The maximum atomic E-state index is 11.8. The molecule has 6 nitrogen and oxygen atoms in total. The van der Waals surface area contributed by atoms with Crippen LogP contribution in [0.4, 0.5) is 0 Å². The molecular formula is C18H37NO5. The molecule has 0 bridgehead atoms. The van der Waals surface area contributed by atoms with Gasteiger partial charge in [0, 0.05) is 13.6 Å². The Hall–Kier alpha value is -0.690. The van der Waals surface area contributed by atoms with Crippen LogP contribution >= 0.6 is 0 Å². The number of unbranched alkanes of at least 4 members (excludes halogenated alkanes) is 9. The number of aliphatic hydroxyl groups is 1. The first-order valence-electron chi connectivity index (χ1n) is 9.30. The Morgan fingerprint density at radius 2 is 1.38 bits per heavy atom. The van der Waals surface area contributed by atoms with Crippen molar-refractivity contribution in [2.24, 2.45) is 0 Å². The normalized spacial score (nSPS) is 11.0. The quantitative estimate of drug-likeness (QED) is 0.304. The van der Waals surface area contributed by atoms with E-state index >= 15 is 0 Å². The summed E-state index contributed by atoms with van der Waals surface area (Å²) in [4.78, 5) is 13.5. The molecule has 0 aromatic carbocycles. The lowest BCUT2D eigenvalue weighted by Crippen LogP contribution is -2.31. The van der Waals surface area contributed by atoms with Gasteiger partial charge in [0.15, 0.2) is 6.79 Å². The van der Waals surface area contributed by atoms with Gasteiger partial charge in [-0.05, 0) is 6.42 Å². The number of likely N-dealkylation sites (N-methyl/N-ethyl adjacent to an activating group) is 1. The fourth-order valence-corrected chi connectivity index (χ4v) is 2.39. The van der Waals surface area contributed by atoms with Crippen molar-refractivity contribution in [3.05, 3.63) is 0 Å². The van der Waals surface area contributed by atoms with E-state index < -0.39 is 0 Å². The molecule has 0 radical (unpaired) electrons. The van der Waals surface area contributed by atoms with Gasteiger partial charge in [0.2, 0.25) is 5.91 Å². The Bertz CT molecular complexity index is 276. The van der Waals surface area contributed by atoms with Crippen molar-refractivity contribution in [1.29, 1.82) is 0 Å². The third-order valence-electron chi connectivity index (χ3n) is 3.92. The van der Waals surface area contributed by atoms with Crippen LogP contribution in [0.25, 0.3) is 0 Å². The summed E-state index contributed by atoms with van der Waals surface area (Å²) in [5, 5.41) is 8.37. The first-order valence-corrected chi connectivity index (χ1v) is 9.30. The molecule has 0 rings (SSSR count). The fourth-order valence-electron chi connectivity index (χ4n) is 2.39. The third kappa shape index (κ3) is 16.2. The van der Waals surface area contributed by atoms with E-state index in [2.05, 4.69) is 11.7 Å². The van der Waals surface area contributed by atoms with Crippen LogP contribution in [0.1, 0.15) is 71.1 Å². The third-order valence-corrected chi connectivity index (χ3v) is 3.92. The number of aliphatic hydroxyl groups excluding tert-OH is 1. The molecule has 0 saturated carbocycles. The molecule has 0 aromatic heterocycles. The highest BCUT2D eigenvalue weighted by Crippen LogP contribution is 2.10. The lowest BCUT2D eigenvalue weighted by molar-refractivity contribution is -0.165. The van der Waals surface area contributed by atoms with Crippen molar-refractivity contribution in [1.82, 2.24) is 4.90 Å². The van der Waals surface area contributed by atoms with Crippen molar-refractivity contribution in [3.8, 4) is 0 Å². The lowest BCUT2D eigenvalue weighted by atomic mass is 10.1. The van der Waals surface area contributed by atoms with Crippen LogP contribution < -0.4 is 0 Å². The van der Waals surface area contributed by atoms with Crippen molar-refractivity contribution >= 4 is 5.91 Å². The number of hydrogen-bond acceptors (Lipinski definition) is 5. The van der Waals surface area contributed by atoms with Crippen molar-refractivity contribution in [3.63, 3.8) is 0 Å². The van der Waals surface area contributed by atoms with Gasteiger partial charge in [0.1, 0.15) is 20.2 Å². The molecule has 1 amide bonds. The van der Waals surface area contributed by atoms with Gasteiger partial charge in [-0.15, -0.1) is 0 Å².